The molecule has 4 rings (SSSR count). The van der Waals surface area contributed by atoms with Gasteiger partial charge in [0.15, 0.2) is 0 Å². The van der Waals surface area contributed by atoms with E-state index >= 15 is 0 Å². The zero-order chi connectivity index (χ0) is 27.6. The second-order valence-electron chi connectivity index (χ2n) is 9.14. The maximum atomic E-state index is 13.7. The molecule has 0 aliphatic carbocycles. The van der Waals surface area contributed by atoms with Gasteiger partial charge in [-0.15, -0.1) is 0 Å². The van der Waals surface area contributed by atoms with Crippen LogP contribution in [0.25, 0.3) is 0 Å². The minimum atomic E-state index is -5.03. The number of nitrogens with one attached hydrogen (secondary N) is 1. The van der Waals surface area contributed by atoms with Crippen molar-refractivity contribution in [3.63, 3.8) is 0 Å². The van der Waals surface area contributed by atoms with Crippen molar-refractivity contribution in [2.75, 3.05) is 45.9 Å². The van der Waals surface area contributed by atoms with E-state index in [1.165, 1.54) is 24.3 Å². The van der Waals surface area contributed by atoms with Crippen LogP contribution in [-0.2, 0) is 35.6 Å². The lowest BCUT2D eigenvalue weighted by atomic mass is 10.1. The number of carbonyl (C=O) groups excluding carboxylic acids is 1. The van der Waals surface area contributed by atoms with Gasteiger partial charge in [-0.2, -0.15) is 13.2 Å². The SMILES string of the molecule is O=C(CN1CCC(NS(=O)(=O)c2cc(S(=O)(=O)c3ccccc3)ccc2C(F)(F)F)CC1)N1CCOCC1. The van der Waals surface area contributed by atoms with E-state index in [1.54, 1.807) is 11.0 Å². The standard InChI is InChI=1S/C24H28F3N3O6S2/c25-24(26,27)21-7-6-20(37(32,33)19-4-2-1-3-5-19)16-22(21)38(34,35)28-18-8-10-29(11-9-18)17-23(31)30-12-14-36-15-13-30/h1-7,16,18,28H,8-15,17H2. The van der Waals surface area contributed by atoms with E-state index < -0.39 is 47.4 Å². The number of nitrogens with zero attached hydrogens (tertiary/aromatic N) is 2. The minimum absolute atomic E-state index is 0.0569. The minimum Gasteiger partial charge on any atom is -0.378 e. The third-order valence-corrected chi connectivity index (χ3v) is 9.87. The molecular weight excluding hydrogens is 547 g/mol. The van der Waals surface area contributed by atoms with E-state index in [4.69, 9.17) is 4.74 Å². The first-order chi connectivity index (χ1) is 17.9. The summed E-state index contributed by atoms with van der Waals surface area (Å²) in [6.45, 7) is 2.88. The number of morpholine rings is 1. The molecule has 2 aromatic rings. The fraction of sp³-hybridized carbons (Fsp3) is 0.458. The van der Waals surface area contributed by atoms with Crippen molar-refractivity contribution in [3.05, 3.63) is 54.1 Å². The maximum Gasteiger partial charge on any atom is 0.417 e. The monoisotopic (exact) mass is 575 g/mol. The number of hydrogen-bond donors (Lipinski definition) is 1. The Kier molecular flexibility index (Phi) is 8.47. The van der Waals surface area contributed by atoms with Gasteiger partial charge in [-0.1, -0.05) is 18.2 Å². The third kappa shape index (κ3) is 6.54. The zero-order valence-corrected chi connectivity index (χ0v) is 22.0. The summed E-state index contributed by atoms with van der Waals surface area (Å²) in [5, 5.41) is 0. The highest BCUT2D eigenvalue weighted by atomic mass is 32.2. The number of hydrogen-bond acceptors (Lipinski definition) is 7. The summed E-state index contributed by atoms with van der Waals surface area (Å²) in [6, 6.07) is 8.16. The molecule has 0 saturated carbocycles. The van der Waals surface area contributed by atoms with Crippen molar-refractivity contribution in [1.82, 2.24) is 14.5 Å². The number of amides is 1. The van der Waals surface area contributed by atoms with Gasteiger partial charge in [-0.25, -0.2) is 21.6 Å². The molecule has 0 atom stereocenters. The normalized spacial score (nSPS) is 18.4. The maximum absolute atomic E-state index is 13.7. The van der Waals surface area contributed by atoms with Gasteiger partial charge >= 0.3 is 6.18 Å². The Bertz CT molecular complexity index is 1350. The molecule has 1 amide bonds. The number of alkyl halides is 3. The first-order valence-corrected chi connectivity index (χ1v) is 15.0. The van der Waals surface area contributed by atoms with Crippen molar-refractivity contribution >= 4 is 25.8 Å². The molecule has 9 nitrogen and oxygen atoms in total. The summed E-state index contributed by atoms with van der Waals surface area (Å²) in [5.74, 6) is -0.0569. The summed E-state index contributed by atoms with van der Waals surface area (Å²) in [4.78, 5) is 14.2. The van der Waals surface area contributed by atoms with Crippen LogP contribution in [0.5, 0.6) is 0 Å². The summed E-state index contributed by atoms with van der Waals surface area (Å²) in [5.41, 5.74) is -1.45. The highest BCUT2D eigenvalue weighted by Gasteiger charge is 2.39. The Morgan fingerprint density at radius 1 is 0.921 bits per heavy atom. The molecule has 14 heteroatoms. The third-order valence-electron chi connectivity index (χ3n) is 6.54. The molecule has 0 bridgehead atoms. The average molecular weight is 576 g/mol. The van der Waals surface area contributed by atoms with Gasteiger partial charge in [0.05, 0.1) is 40.0 Å². The van der Waals surface area contributed by atoms with Gasteiger partial charge in [0.1, 0.15) is 0 Å². The Labute approximate surface area is 219 Å². The molecule has 38 heavy (non-hydrogen) atoms. The molecule has 2 aliphatic heterocycles. The molecule has 1 N–H and O–H groups in total. The van der Waals surface area contributed by atoms with E-state index in [-0.39, 0.29) is 30.2 Å². The van der Waals surface area contributed by atoms with Crippen LogP contribution in [0.1, 0.15) is 18.4 Å². The van der Waals surface area contributed by atoms with Crippen molar-refractivity contribution in [2.45, 2.75) is 39.7 Å². The van der Waals surface area contributed by atoms with Crippen LogP contribution in [0.15, 0.2) is 63.2 Å². The van der Waals surface area contributed by atoms with Crippen LogP contribution in [0, 0.1) is 0 Å². The summed E-state index contributed by atoms with van der Waals surface area (Å²) in [7, 11) is -8.99. The van der Waals surface area contributed by atoms with Crippen LogP contribution < -0.4 is 4.72 Å². The molecule has 0 aromatic heterocycles. The molecule has 2 aliphatic rings. The molecule has 0 unspecified atom stereocenters. The highest BCUT2D eigenvalue weighted by molar-refractivity contribution is 7.91. The zero-order valence-electron chi connectivity index (χ0n) is 20.4. The summed E-state index contributed by atoms with van der Waals surface area (Å²) in [6.07, 6.45) is -4.47. The van der Waals surface area contributed by atoms with Crippen molar-refractivity contribution in [1.29, 1.82) is 0 Å². The topological polar surface area (TPSA) is 113 Å². The molecule has 0 radical (unpaired) electrons. The quantitative estimate of drug-likeness (QED) is 0.538. The van der Waals surface area contributed by atoms with Crippen LogP contribution in [0.2, 0.25) is 0 Å². The summed E-state index contributed by atoms with van der Waals surface area (Å²) < 4.78 is 101. The predicted octanol–water partition coefficient (Wildman–Crippen LogP) is 2.14. The fourth-order valence-corrected chi connectivity index (χ4v) is 7.40. The molecule has 2 saturated heterocycles. The van der Waals surface area contributed by atoms with Gasteiger partial charge in [0.2, 0.25) is 25.8 Å². The van der Waals surface area contributed by atoms with Gasteiger partial charge in [-0.3, -0.25) is 9.69 Å². The lowest BCUT2D eigenvalue weighted by Crippen LogP contribution is -2.49. The smallest absolute Gasteiger partial charge is 0.378 e. The van der Waals surface area contributed by atoms with E-state index in [9.17, 15) is 34.8 Å². The molecular formula is C24H28F3N3O6S2. The average Bonchev–Trinajstić information content (AvgIpc) is 2.90. The number of rotatable bonds is 7. The lowest BCUT2D eigenvalue weighted by Gasteiger charge is -2.34. The number of halogens is 3. The fourth-order valence-electron chi connectivity index (χ4n) is 4.46. The molecule has 2 fully saturated rings. The number of ether oxygens (including phenoxy) is 1. The van der Waals surface area contributed by atoms with Gasteiger partial charge in [-0.05, 0) is 43.2 Å². The van der Waals surface area contributed by atoms with Crippen LogP contribution in [0.3, 0.4) is 0 Å². The number of sulfone groups is 1. The Morgan fingerprint density at radius 2 is 1.55 bits per heavy atom. The van der Waals surface area contributed by atoms with Crippen molar-refractivity contribution in [3.8, 4) is 0 Å². The predicted molar refractivity (Wildman–Crippen MR) is 131 cm³/mol. The first-order valence-electron chi connectivity index (χ1n) is 12.0. The Balaban J connectivity index is 1.50. The molecule has 2 heterocycles. The molecule has 0 spiro atoms. The number of piperidine rings is 1. The Morgan fingerprint density at radius 3 is 2.16 bits per heavy atom. The van der Waals surface area contributed by atoms with E-state index in [0.717, 1.165) is 6.07 Å². The van der Waals surface area contributed by atoms with Gasteiger partial charge in [0, 0.05) is 32.2 Å². The van der Waals surface area contributed by atoms with Gasteiger partial charge in [0.25, 0.3) is 0 Å². The number of carbonyl (C=O) groups is 1. The van der Waals surface area contributed by atoms with E-state index in [2.05, 4.69) is 4.72 Å². The Hall–Kier alpha value is -2.52. The molecule has 208 valence electrons. The van der Waals surface area contributed by atoms with Gasteiger partial charge < -0.3 is 9.64 Å². The second kappa shape index (κ2) is 11.3. The first kappa shape index (κ1) is 28.5. The van der Waals surface area contributed by atoms with Crippen LogP contribution in [-0.4, -0.2) is 84.5 Å². The largest absolute Gasteiger partial charge is 0.417 e. The van der Waals surface area contributed by atoms with E-state index in [1.807, 2.05) is 4.90 Å². The van der Waals surface area contributed by atoms with Crippen LogP contribution >= 0.6 is 0 Å². The number of sulfonamides is 1. The van der Waals surface area contributed by atoms with Crippen molar-refractivity contribution < 1.29 is 39.5 Å². The van der Waals surface area contributed by atoms with Crippen molar-refractivity contribution in [2.24, 2.45) is 0 Å². The van der Waals surface area contributed by atoms with E-state index in [0.29, 0.717) is 51.5 Å². The van der Waals surface area contributed by atoms with Crippen LogP contribution in [0.4, 0.5) is 13.2 Å². The summed E-state index contributed by atoms with van der Waals surface area (Å²) >= 11 is 0. The number of benzene rings is 2. The highest BCUT2D eigenvalue weighted by Crippen LogP contribution is 2.36. The molecule has 2 aromatic carbocycles. The lowest BCUT2D eigenvalue weighted by molar-refractivity contribution is -0.140. The second-order valence-corrected chi connectivity index (χ2v) is 12.8. The number of likely N-dealkylation sites (tertiary alicyclic amines) is 1.